The predicted molar refractivity (Wildman–Crippen MR) is 76.2 cm³/mol. The average molecular weight is 262 g/mol. The van der Waals surface area contributed by atoms with Gasteiger partial charge in [-0.15, -0.1) is 0 Å². The smallest absolute Gasteiger partial charge is 0.225 e. The summed E-state index contributed by atoms with van der Waals surface area (Å²) in [5.41, 5.74) is 8.03. The monoisotopic (exact) mass is 262 g/mol. The molecule has 1 aromatic rings. The van der Waals surface area contributed by atoms with E-state index in [0.29, 0.717) is 18.7 Å². The summed E-state index contributed by atoms with van der Waals surface area (Å²) < 4.78 is 0. The molecule has 1 saturated carbocycles. The van der Waals surface area contributed by atoms with E-state index >= 15 is 0 Å². The number of aromatic hydroxyl groups is 1. The molecule has 0 aliphatic heterocycles. The SMILES string of the molecule is Cc1cc(C)c(O)c(NC(=O)CC2(CN)CCC2)c1. The largest absolute Gasteiger partial charge is 0.505 e. The Kier molecular flexibility index (Phi) is 3.80. The first kappa shape index (κ1) is 13.9. The van der Waals surface area contributed by atoms with Gasteiger partial charge < -0.3 is 16.2 Å². The Morgan fingerprint density at radius 3 is 2.63 bits per heavy atom. The quantitative estimate of drug-likeness (QED) is 0.730. The number of carbonyl (C=O) groups excluding carboxylic acids is 1. The number of carbonyl (C=O) groups is 1. The third-order valence-corrected chi connectivity index (χ3v) is 4.10. The molecule has 1 aromatic carbocycles. The van der Waals surface area contributed by atoms with Crippen molar-refractivity contribution >= 4 is 11.6 Å². The third kappa shape index (κ3) is 2.89. The Balaban J connectivity index is 2.07. The lowest BCUT2D eigenvalue weighted by molar-refractivity contribution is -0.119. The standard InChI is InChI=1S/C15H22N2O2/c1-10-6-11(2)14(19)12(7-10)17-13(18)8-15(9-16)4-3-5-15/h6-7,19H,3-5,8-9,16H2,1-2H3,(H,17,18). The molecule has 0 atom stereocenters. The van der Waals surface area contributed by atoms with Gasteiger partial charge in [0.1, 0.15) is 5.75 Å². The fourth-order valence-electron chi connectivity index (χ4n) is 2.72. The number of phenolic OH excluding ortho intramolecular Hbond substituents is 1. The highest BCUT2D eigenvalue weighted by molar-refractivity contribution is 5.93. The van der Waals surface area contributed by atoms with Crippen LogP contribution >= 0.6 is 0 Å². The molecule has 0 aromatic heterocycles. The van der Waals surface area contributed by atoms with Crippen molar-refractivity contribution < 1.29 is 9.90 Å². The average Bonchev–Trinajstić information content (AvgIpc) is 2.30. The number of amides is 1. The van der Waals surface area contributed by atoms with Crippen LogP contribution in [0.25, 0.3) is 0 Å². The molecule has 0 saturated heterocycles. The number of benzene rings is 1. The van der Waals surface area contributed by atoms with Crippen LogP contribution in [0.1, 0.15) is 36.8 Å². The molecule has 1 aliphatic rings. The Morgan fingerprint density at radius 2 is 2.11 bits per heavy atom. The van der Waals surface area contributed by atoms with Gasteiger partial charge in [-0.25, -0.2) is 0 Å². The van der Waals surface area contributed by atoms with Crippen LogP contribution in [-0.2, 0) is 4.79 Å². The summed E-state index contributed by atoms with van der Waals surface area (Å²) in [6, 6.07) is 3.68. The van der Waals surface area contributed by atoms with E-state index in [1.165, 1.54) is 0 Å². The van der Waals surface area contributed by atoms with Crippen LogP contribution in [0.5, 0.6) is 5.75 Å². The van der Waals surface area contributed by atoms with Gasteiger partial charge in [-0.1, -0.05) is 12.5 Å². The minimum atomic E-state index is -0.0644. The number of hydrogen-bond acceptors (Lipinski definition) is 3. The number of aryl methyl sites for hydroxylation is 2. The van der Waals surface area contributed by atoms with Gasteiger partial charge >= 0.3 is 0 Å². The molecule has 0 bridgehead atoms. The molecule has 4 N–H and O–H groups in total. The van der Waals surface area contributed by atoms with Crippen LogP contribution in [0.15, 0.2) is 12.1 Å². The lowest BCUT2D eigenvalue weighted by Crippen LogP contribution is -2.40. The maximum atomic E-state index is 12.1. The topological polar surface area (TPSA) is 75.3 Å². The molecule has 1 fully saturated rings. The maximum Gasteiger partial charge on any atom is 0.225 e. The summed E-state index contributed by atoms with van der Waals surface area (Å²) in [5, 5.41) is 12.8. The number of anilines is 1. The van der Waals surface area contributed by atoms with E-state index in [-0.39, 0.29) is 17.1 Å². The highest BCUT2D eigenvalue weighted by Crippen LogP contribution is 2.43. The Hall–Kier alpha value is -1.55. The lowest BCUT2D eigenvalue weighted by atomic mass is 9.66. The van der Waals surface area contributed by atoms with Crippen molar-refractivity contribution in [1.29, 1.82) is 0 Å². The second-order valence-corrected chi connectivity index (χ2v) is 5.76. The first-order valence-corrected chi connectivity index (χ1v) is 6.76. The number of rotatable bonds is 4. The summed E-state index contributed by atoms with van der Waals surface area (Å²) in [7, 11) is 0. The van der Waals surface area contributed by atoms with Crippen molar-refractivity contribution in [2.75, 3.05) is 11.9 Å². The molecule has 2 rings (SSSR count). The van der Waals surface area contributed by atoms with Crippen molar-refractivity contribution in [2.24, 2.45) is 11.1 Å². The van der Waals surface area contributed by atoms with Gasteiger partial charge in [0.25, 0.3) is 0 Å². The molecule has 0 heterocycles. The van der Waals surface area contributed by atoms with Gasteiger partial charge in [-0.3, -0.25) is 4.79 Å². The molecule has 4 nitrogen and oxygen atoms in total. The van der Waals surface area contributed by atoms with E-state index in [0.717, 1.165) is 30.4 Å². The van der Waals surface area contributed by atoms with E-state index in [1.54, 1.807) is 6.07 Å². The van der Waals surface area contributed by atoms with Crippen LogP contribution < -0.4 is 11.1 Å². The zero-order valence-corrected chi connectivity index (χ0v) is 11.6. The van der Waals surface area contributed by atoms with E-state index < -0.39 is 0 Å². The van der Waals surface area contributed by atoms with Crippen LogP contribution in [0.2, 0.25) is 0 Å². The van der Waals surface area contributed by atoms with Crippen molar-refractivity contribution in [3.8, 4) is 5.75 Å². The van der Waals surface area contributed by atoms with Crippen molar-refractivity contribution in [2.45, 2.75) is 39.5 Å². The van der Waals surface area contributed by atoms with Crippen LogP contribution in [0, 0.1) is 19.3 Å². The Labute approximate surface area is 114 Å². The first-order chi connectivity index (χ1) is 8.96. The number of nitrogens with two attached hydrogens (primary N) is 1. The molecule has 19 heavy (non-hydrogen) atoms. The number of hydrogen-bond donors (Lipinski definition) is 3. The van der Waals surface area contributed by atoms with Crippen LogP contribution in [0.4, 0.5) is 5.69 Å². The lowest BCUT2D eigenvalue weighted by Gasteiger charge is -2.40. The molecule has 0 spiro atoms. The van der Waals surface area contributed by atoms with E-state index in [2.05, 4.69) is 5.32 Å². The normalized spacial score (nSPS) is 16.8. The molecule has 1 amide bonds. The van der Waals surface area contributed by atoms with Crippen molar-refractivity contribution in [3.05, 3.63) is 23.3 Å². The Morgan fingerprint density at radius 1 is 1.42 bits per heavy atom. The van der Waals surface area contributed by atoms with Gasteiger partial charge in [-0.05, 0) is 55.8 Å². The summed E-state index contributed by atoms with van der Waals surface area (Å²) in [4.78, 5) is 12.1. The third-order valence-electron chi connectivity index (χ3n) is 4.10. The number of nitrogens with one attached hydrogen (secondary N) is 1. The minimum absolute atomic E-state index is 0.0153. The van der Waals surface area contributed by atoms with Crippen LogP contribution in [0.3, 0.4) is 0 Å². The van der Waals surface area contributed by atoms with Gasteiger partial charge in [0.05, 0.1) is 5.69 Å². The summed E-state index contributed by atoms with van der Waals surface area (Å²) >= 11 is 0. The van der Waals surface area contributed by atoms with Crippen LogP contribution in [-0.4, -0.2) is 17.6 Å². The summed E-state index contributed by atoms with van der Waals surface area (Å²) in [5.74, 6) is 0.0832. The molecule has 0 radical (unpaired) electrons. The van der Waals surface area contributed by atoms with E-state index in [4.69, 9.17) is 5.73 Å². The molecular formula is C15H22N2O2. The zero-order chi connectivity index (χ0) is 14.0. The zero-order valence-electron chi connectivity index (χ0n) is 11.6. The maximum absolute atomic E-state index is 12.1. The molecule has 0 unspecified atom stereocenters. The van der Waals surface area contributed by atoms with E-state index in [9.17, 15) is 9.90 Å². The summed E-state index contributed by atoms with van der Waals surface area (Å²) in [6.07, 6.45) is 3.64. The van der Waals surface area contributed by atoms with Crippen molar-refractivity contribution in [1.82, 2.24) is 0 Å². The van der Waals surface area contributed by atoms with Gasteiger partial charge in [-0.2, -0.15) is 0 Å². The fraction of sp³-hybridized carbons (Fsp3) is 0.533. The molecular weight excluding hydrogens is 240 g/mol. The van der Waals surface area contributed by atoms with Gasteiger partial charge in [0.15, 0.2) is 0 Å². The van der Waals surface area contributed by atoms with Gasteiger partial charge in [0, 0.05) is 6.42 Å². The molecule has 104 valence electrons. The Bertz CT molecular complexity index is 488. The predicted octanol–water partition coefficient (Wildman–Crippen LogP) is 2.47. The summed E-state index contributed by atoms with van der Waals surface area (Å²) in [6.45, 7) is 4.32. The first-order valence-electron chi connectivity index (χ1n) is 6.76. The van der Waals surface area contributed by atoms with Crippen molar-refractivity contribution in [3.63, 3.8) is 0 Å². The molecule has 1 aliphatic carbocycles. The second-order valence-electron chi connectivity index (χ2n) is 5.76. The highest BCUT2D eigenvalue weighted by Gasteiger charge is 2.37. The van der Waals surface area contributed by atoms with E-state index in [1.807, 2.05) is 19.9 Å². The van der Waals surface area contributed by atoms with Gasteiger partial charge in [0.2, 0.25) is 5.91 Å². The fourth-order valence-corrected chi connectivity index (χ4v) is 2.72. The molecule has 4 heteroatoms. The highest BCUT2D eigenvalue weighted by atomic mass is 16.3. The minimum Gasteiger partial charge on any atom is -0.505 e. The number of phenols is 1. The second kappa shape index (κ2) is 5.21.